The van der Waals surface area contributed by atoms with Gasteiger partial charge in [-0.3, -0.25) is 9.52 Å². The molecule has 9 heteroatoms. The lowest BCUT2D eigenvalue weighted by atomic mass is 10.3. The number of hydrogen-bond acceptors (Lipinski definition) is 4. The van der Waals surface area contributed by atoms with Gasteiger partial charge in [-0.25, -0.2) is 8.42 Å². The highest BCUT2D eigenvalue weighted by atomic mass is 35.5. The molecular weight excluding hydrogens is 447 g/mol. The highest BCUT2D eigenvalue weighted by Crippen LogP contribution is 2.21. The minimum absolute atomic E-state index is 0.0472. The normalized spacial score (nSPS) is 12.1. The summed E-state index contributed by atoms with van der Waals surface area (Å²) < 4.78 is 33.0. The fraction of sp³-hybridized carbons (Fsp3) is 0.0952. The second kappa shape index (κ2) is 9.38. The molecule has 6 nitrogen and oxygen atoms in total. The van der Waals surface area contributed by atoms with Gasteiger partial charge in [0, 0.05) is 15.7 Å². The fourth-order valence-corrected chi connectivity index (χ4v) is 3.86. The van der Waals surface area contributed by atoms with Crippen molar-refractivity contribution in [1.82, 2.24) is 0 Å². The van der Waals surface area contributed by atoms with E-state index < -0.39 is 16.1 Å². The van der Waals surface area contributed by atoms with E-state index >= 15 is 0 Å². The summed E-state index contributed by atoms with van der Waals surface area (Å²) in [5.74, 6) is 0.133. The number of anilines is 2. The standard InChI is InChI=1S/C21H18Cl2N2O4S/c1-14(29-19-9-5-15(22)6-10-19)21(26)24-17-7-11-20(12-8-17)30(27,28)25-18-4-2-3-16(23)13-18/h2-14,25H,1H3,(H,24,26). The SMILES string of the molecule is CC(Oc1ccc(Cl)cc1)C(=O)Nc1ccc(S(=O)(=O)Nc2cccc(Cl)c2)cc1. The summed E-state index contributed by atoms with van der Waals surface area (Å²) in [5, 5.41) is 3.67. The van der Waals surface area contributed by atoms with E-state index in [1.54, 1.807) is 49.4 Å². The van der Waals surface area contributed by atoms with E-state index in [1.165, 1.54) is 30.3 Å². The lowest BCUT2D eigenvalue weighted by Gasteiger charge is -2.15. The monoisotopic (exact) mass is 464 g/mol. The number of nitrogens with one attached hydrogen (secondary N) is 2. The van der Waals surface area contributed by atoms with Gasteiger partial charge in [-0.15, -0.1) is 0 Å². The average molecular weight is 465 g/mol. The lowest BCUT2D eigenvalue weighted by Crippen LogP contribution is -2.30. The summed E-state index contributed by atoms with van der Waals surface area (Å²) in [5.41, 5.74) is 0.793. The number of rotatable bonds is 7. The number of carbonyl (C=O) groups excluding carboxylic acids is 1. The van der Waals surface area contributed by atoms with Crippen molar-refractivity contribution >= 4 is 50.5 Å². The summed E-state index contributed by atoms with van der Waals surface area (Å²) in [6, 6.07) is 18.9. The second-order valence-electron chi connectivity index (χ2n) is 6.34. The van der Waals surface area contributed by atoms with Crippen LogP contribution in [0.1, 0.15) is 6.92 Å². The van der Waals surface area contributed by atoms with Crippen LogP contribution in [0.2, 0.25) is 10.0 Å². The molecule has 2 N–H and O–H groups in total. The maximum absolute atomic E-state index is 12.5. The van der Waals surface area contributed by atoms with Crippen LogP contribution in [0.5, 0.6) is 5.75 Å². The molecule has 0 bridgehead atoms. The zero-order valence-electron chi connectivity index (χ0n) is 15.8. The molecule has 0 saturated carbocycles. The van der Waals surface area contributed by atoms with Gasteiger partial charge < -0.3 is 10.1 Å². The molecule has 0 heterocycles. The van der Waals surface area contributed by atoms with Gasteiger partial charge in [0.1, 0.15) is 5.75 Å². The molecule has 0 fully saturated rings. The van der Waals surface area contributed by atoms with Crippen LogP contribution < -0.4 is 14.8 Å². The molecule has 156 valence electrons. The van der Waals surface area contributed by atoms with E-state index in [0.29, 0.717) is 27.2 Å². The molecule has 3 aromatic carbocycles. The Kier molecular flexibility index (Phi) is 6.87. The molecule has 3 rings (SSSR count). The summed E-state index contributed by atoms with van der Waals surface area (Å²) >= 11 is 11.7. The molecule has 1 amide bonds. The van der Waals surface area contributed by atoms with Crippen molar-refractivity contribution < 1.29 is 17.9 Å². The van der Waals surface area contributed by atoms with Gasteiger partial charge in [-0.05, 0) is 73.7 Å². The highest BCUT2D eigenvalue weighted by molar-refractivity contribution is 7.92. The molecular formula is C21H18Cl2N2O4S. The van der Waals surface area contributed by atoms with E-state index in [2.05, 4.69) is 10.0 Å². The van der Waals surface area contributed by atoms with Gasteiger partial charge in [0.15, 0.2) is 6.10 Å². The van der Waals surface area contributed by atoms with Crippen LogP contribution in [0, 0.1) is 0 Å². The van der Waals surface area contributed by atoms with Crippen molar-refractivity contribution in [2.75, 3.05) is 10.0 Å². The van der Waals surface area contributed by atoms with Crippen molar-refractivity contribution in [2.24, 2.45) is 0 Å². The molecule has 0 aliphatic carbocycles. The number of hydrogen-bond donors (Lipinski definition) is 2. The van der Waals surface area contributed by atoms with Crippen molar-refractivity contribution in [3.05, 3.63) is 82.8 Å². The average Bonchev–Trinajstić information content (AvgIpc) is 2.70. The zero-order chi connectivity index (χ0) is 21.7. The summed E-state index contributed by atoms with van der Waals surface area (Å²) in [6.07, 6.45) is -0.765. The van der Waals surface area contributed by atoms with E-state index in [-0.39, 0.29) is 10.8 Å². The summed E-state index contributed by atoms with van der Waals surface area (Å²) in [6.45, 7) is 1.61. The molecule has 3 aromatic rings. The minimum atomic E-state index is -3.79. The van der Waals surface area contributed by atoms with Crippen LogP contribution >= 0.6 is 23.2 Å². The van der Waals surface area contributed by atoms with Crippen LogP contribution in [0.15, 0.2) is 77.7 Å². The van der Waals surface area contributed by atoms with Crippen LogP contribution in [0.25, 0.3) is 0 Å². The highest BCUT2D eigenvalue weighted by Gasteiger charge is 2.17. The quantitative estimate of drug-likeness (QED) is 0.503. The zero-order valence-corrected chi connectivity index (χ0v) is 18.1. The first-order valence-electron chi connectivity index (χ1n) is 8.84. The van der Waals surface area contributed by atoms with Crippen molar-refractivity contribution in [2.45, 2.75) is 17.9 Å². The minimum Gasteiger partial charge on any atom is -0.481 e. The Balaban J connectivity index is 1.63. The summed E-state index contributed by atoms with van der Waals surface area (Å²) in [4.78, 5) is 12.4. The van der Waals surface area contributed by atoms with Gasteiger partial charge >= 0.3 is 0 Å². The van der Waals surface area contributed by atoms with E-state index in [9.17, 15) is 13.2 Å². The Bertz CT molecular complexity index is 1130. The molecule has 30 heavy (non-hydrogen) atoms. The van der Waals surface area contributed by atoms with Gasteiger partial charge in [-0.1, -0.05) is 29.3 Å². The number of benzene rings is 3. The molecule has 1 unspecified atom stereocenters. The van der Waals surface area contributed by atoms with Gasteiger partial charge in [0.2, 0.25) is 0 Å². The molecule has 0 aromatic heterocycles. The van der Waals surface area contributed by atoms with E-state index in [1.807, 2.05) is 0 Å². The predicted octanol–water partition coefficient (Wildman–Crippen LogP) is 5.20. The third kappa shape index (κ3) is 5.89. The number of carbonyl (C=O) groups is 1. The van der Waals surface area contributed by atoms with Gasteiger partial charge in [0.25, 0.3) is 15.9 Å². The number of ether oxygens (including phenoxy) is 1. The van der Waals surface area contributed by atoms with Crippen molar-refractivity contribution in [3.8, 4) is 5.75 Å². The lowest BCUT2D eigenvalue weighted by molar-refractivity contribution is -0.122. The van der Waals surface area contributed by atoms with Crippen LogP contribution in [-0.2, 0) is 14.8 Å². The number of halogens is 2. The van der Waals surface area contributed by atoms with Crippen LogP contribution in [0.4, 0.5) is 11.4 Å². The third-order valence-corrected chi connectivity index (χ3v) is 5.89. The number of amides is 1. The Morgan fingerprint density at radius 2 is 1.57 bits per heavy atom. The maximum atomic E-state index is 12.5. The maximum Gasteiger partial charge on any atom is 0.265 e. The summed E-state index contributed by atoms with van der Waals surface area (Å²) in [7, 11) is -3.79. The van der Waals surface area contributed by atoms with E-state index in [4.69, 9.17) is 27.9 Å². The number of sulfonamides is 1. The van der Waals surface area contributed by atoms with Crippen molar-refractivity contribution in [3.63, 3.8) is 0 Å². The molecule has 0 spiro atoms. The first kappa shape index (κ1) is 22.0. The van der Waals surface area contributed by atoms with Gasteiger partial charge in [0.05, 0.1) is 10.6 Å². The smallest absolute Gasteiger partial charge is 0.265 e. The first-order valence-corrected chi connectivity index (χ1v) is 11.1. The Morgan fingerprint density at radius 3 is 2.20 bits per heavy atom. The van der Waals surface area contributed by atoms with Crippen molar-refractivity contribution in [1.29, 1.82) is 0 Å². The van der Waals surface area contributed by atoms with Gasteiger partial charge in [-0.2, -0.15) is 0 Å². The molecule has 0 radical (unpaired) electrons. The van der Waals surface area contributed by atoms with Crippen LogP contribution in [0.3, 0.4) is 0 Å². The first-order chi connectivity index (χ1) is 14.2. The Morgan fingerprint density at radius 1 is 0.900 bits per heavy atom. The molecule has 1 atom stereocenters. The Hall–Kier alpha value is -2.74. The topological polar surface area (TPSA) is 84.5 Å². The molecule has 0 aliphatic rings. The Labute approximate surface area is 184 Å². The van der Waals surface area contributed by atoms with Crippen LogP contribution in [-0.4, -0.2) is 20.4 Å². The predicted molar refractivity (Wildman–Crippen MR) is 119 cm³/mol. The van der Waals surface area contributed by atoms with E-state index in [0.717, 1.165) is 0 Å². The second-order valence-corrected chi connectivity index (χ2v) is 8.90. The fourth-order valence-electron chi connectivity index (χ4n) is 2.50. The third-order valence-electron chi connectivity index (χ3n) is 4.00. The largest absolute Gasteiger partial charge is 0.481 e. The molecule has 0 aliphatic heterocycles. The molecule has 0 saturated heterocycles.